The fourth-order valence-electron chi connectivity index (χ4n) is 2.32. The van der Waals surface area contributed by atoms with Crippen molar-refractivity contribution in [2.24, 2.45) is 0 Å². The maximum Gasteiger partial charge on any atom is 0.0181 e. The lowest BCUT2D eigenvalue weighted by molar-refractivity contribution is 1.56. The first-order chi connectivity index (χ1) is 9.25. The Balaban J connectivity index is 2.17. The van der Waals surface area contributed by atoms with Crippen LogP contribution >= 0.6 is 15.9 Å². The highest BCUT2D eigenvalue weighted by Gasteiger charge is 2.06. The van der Waals surface area contributed by atoms with Crippen LogP contribution < -0.4 is 0 Å². The molecule has 3 aromatic rings. The minimum atomic E-state index is 1.05. The quantitative estimate of drug-likeness (QED) is 0.572. The van der Waals surface area contributed by atoms with Crippen molar-refractivity contribution in [3.8, 4) is 0 Å². The van der Waals surface area contributed by atoms with Crippen molar-refractivity contribution in [3.63, 3.8) is 0 Å². The van der Waals surface area contributed by atoms with E-state index in [0.29, 0.717) is 0 Å². The Morgan fingerprint density at radius 2 is 1.58 bits per heavy atom. The number of hydrogen-bond acceptors (Lipinski definition) is 0. The molecule has 0 radical (unpaired) electrons. The molecule has 0 aliphatic heterocycles. The maximum atomic E-state index is 4.27. The van der Waals surface area contributed by atoms with E-state index in [2.05, 4.69) is 77.1 Å². The molecule has 0 aromatic heterocycles. The van der Waals surface area contributed by atoms with Crippen molar-refractivity contribution in [1.29, 1.82) is 0 Å². The summed E-state index contributed by atoms with van der Waals surface area (Å²) in [5.74, 6) is 0. The average molecular weight is 309 g/mol. The van der Waals surface area contributed by atoms with Crippen LogP contribution in [0.15, 0.2) is 77.8 Å². The molecule has 0 heterocycles. The van der Waals surface area contributed by atoms with Crippen LogP contribution in [0.3, 0.4) is 0 Å². The molecule has 0 nitrogen and oxygen atoms in total. The smallest absolute Gasteiger partial charge is 0.0181 e. The Morgan fingerprint density at radius 1 is 0.842 bits per heavy atom. The fourth-order valence-corrected chi connectivity index (χ4v) is 2.72. The molecule has 3 rings (SSSR count). The third kappa shape index (κ3) is 2.34. The summed E-state index contributed by atoms with van der Waals surface area (Å²) in [5.41, 5.74) is 3.39. The Morgan fingerprint density at radius 3 is 2.42 bits per heavy atom. The van der Waals surface area contributed by atoms with E-state index in [9.17, 15) is 0 Å². The molecule has 0 fully saturated rings. The highest BCUT2D eigenvalue weighted by molar-refractivity contribution is 9.10. The van der Waals surface area contributed by atoms with Crippen LogP contribution in [0.25, 0.3) is 16.3 Å². The first-order valence-corrected chi connectivity index (χ1v) is 6.98. The van der Waals surface area contributed by atoms with E-state index in [0.717, 1.165) is 15.6 Å². The second kappa shape index (κ2) is 5.02. The minimum Gasteiger partial charge on any atom is -0.0905 e. The van der Waals surface area contributed by atoms with E-state index in [1.807, 2.05) is 12.1 Å². The third-order valence-electron chi connectivity index (χ3n) is 3.29. The summed E-state index contributed by atoms with van der Waals surface area (Å²) < 4.78 is 1.08. The number of fused-ring (bicyclic) bond motifs is 1. The highest BCUT2D eigenvalue weighted by atomic mass is 79.9. The van der Waals surface area contributed by atoms with Gasteiger partial charge < -0.3 is 0 Å². The normalized spacial score (nSPS) is 10.6. The van der Waals surface area contributed by atoms with Crippen LogP contribution in [0.5, 0.6) is 0 Å². The zero-order valence-corrected chi connectivity index (χ0v) is 12.0. The zero-order valence-electron chi connectivity index (χ0n) is 10.4. The van der Waals surface area contributed by atoms with E-state index < -0.39 is 0 Å². The predicted molar refractivity (Wildman–Crippen MR) is 86.2 cm³/mol. The molecular formula is C18H13Br. The Kier molecular flexibility index (Phi) is 3.22. The Bertz CT molecular complexity index is 751. The topological polar surface area (TPSA) is 0 Å². The molecule has 0 unspecified atom stereocenters. The molecule has 19 heavy (non-hydrogen) atoms. The second-order valence-corrected chi connectivity index (χ2v) is 5.43. The fraction of sp³-hybridized carbons (Fsp3) is 0. The standard InChI is InChI=1S/C18H13Br/c1-13(15-8-4-9-16(19)12-15)17-11-5-7-14-6-2-3-10-18(14)17/h2-12H,1H2. The van der Waals surface area contributed by atoms with Crippen LogP contribution in [0.4, 0.5) is 0 Å². The average Bonchev–Trinajstić information content (AvgIpc) is 2.46. The number of benzene rings is 3. The van der Waals surface area contributed by atoms with E-state index >= 15 is 0 Å². The third-order valence-corrected chi connectivity index (χ3v) is 3.78. The Labute approximate surface area is 121 Å². The van der Waals surface area contributed by atoms with Gasteiger partial charge in [-0.2, -0.15) is 0 Å². The van der Waals surface area contributed by atoms with Gasteiger partial charge in [0, 0.05) is 4.47 Å². The van der Waals surface area contributed by atoms with Crippen molar-refractivity contribution in [2.45, 2.75) is 0 Å². The summed E-state index contributed by atoms with van der Waals surface area (Å²) in [6.45, 7) is 4.27. The predicted octanol–water partition coefficient (Wildman–Crippen LogP) is 5.66. The highest BCUT2D eigenvalue weighted by Crippen LogP contribution is 2.29. The van der Waals surface area contributed by atoms with E-state index in [4.69, 9.17) is 0 Å². The first-order valence-electron chi connectivity index (χ1n) is 6.19. The van der Waals surface area contributed by atoms with Crippen molar-refractivity contribution >= 4 is 32.3 Å². The molecule has 0 aliphatic carbocycles. The van der Waals surface area contributed by atoms with Gasteiger partial charge in [0.1, 0.15) is 0 Å². The van der Waals surface area contributed by atoms with Crippen LogP contribution in [-0.2, 0) is 0 Å². The molecule has 0 spiro atoms. The van der Waals surface area contributed by atoms with Gasteiger partial charge in [0.15, 0.2) is 0 Å². The molecule has 0 amide bonds. The van der Waals surface area contributed by atoms with Gasteiger partial charge in [-0.25, -0.2) is 0 Å². The van der Waals surface area contributed by atoms with Gasteiger partial charge in [-0.1, -0.05) is 77.1 Å². The van der Waals surface area contributed by atoms with Gasteiger partial charge in [-0.05, 0) is 39.6 Å². The van der Waals surface area contributed by atoms with E-state index in [1.54, 1.807) is 0 Å². The molecule has 0 aliphatic rings. The minimum absolute atomic E-state index is 1.05. The van der Waals surface area contributed by atoms with Crippen molar-refractivity contribution < 1.29 is 0 Å². The maximum absolute atomic E-state index is 4.27. The monoisotopic (exact) mass is 308 g/mol. The van der Waals surface area contributed by atoms with Gasteiger partial charge in [0.05, 0.1) is 0 Å². The first kappa shape index (κ1) is 12.2. The summed E-state index contributed by atoms with van der Waals surface area (Å²) in [6, 6.07) is 23.0. The molecule has 3 aromatic carbocycles. The lowest BCUT2D eigenvalue weighted by Crippen LogP contribution is -1.88. The molecule has 0 N–H and O–H groups in total. The molecule has 1 heteroatoms. The number of halogens is 1. The molecule has 0 atom stereocenters. The zero-order chi connectivity index (χ0) is 13.2. The van der Waals surface area contributed by atoms with Crippen LogP contribution in [0.2, 0.25) is 0 Å². The molecule has 0 saturated heterocycles. The Hall–Kier alpha value is -1.86. The van der Waals surface area contributed by atoms with E-state index in [-0.39, 0.29) is 0 Å². The van der Waals surface area contributed by atoms with Crippen LogP contribution in [-0.4, -0.2) is 0 Å². The molecule has 0 saturated carbocycles. The van der Waals surface area contributed by atoms with Crippen LogP contribution in [0, 0.1) is 0 Å². The molecular weight excluding hydrogens is 296 g/mol. The number of rotatable bonds is 2. The van der Waals surface area contributed by atoms with Crippen molar-refractivity contribution in [3.05, 3.63) is 88.9 Å². The lowest BCUT2D eigenvalue weighted by Gasteiger charge is -2.10. The summed E-state index contributed by atoms with van der Waals surface area (Å²) in [5, 5.41) is 2.49. The largest absolute Gasteiger partial charge is 0.0905 e. The van der Waals surface area contributed by atoms with E-state index in [1.165, 1.54) is 16.3 Å². The van der Waals surface area contributed by atoms with Gasteiger partial charge >= 0.3 is 0 Å². The second-order valence-electron chi connectivity index (χ2n) is 4.52. The lowest BCUT2D eigenvalue weighted by atomic mass is 9.94. The summed E-state index contributed by atoms with van der Waals surface area (Å²) in [6.07, 6.45) is 0. The van der Waals surface area contributed by atoms with Gasteiger partial charge in [-0.15, -0.1) is 0 Å². The molecule has 0 bridgehead atoms. The summed E-state index contributed by atoms with van der Waals surface area (Å²) in [7, 11) is 0. The number of hydrogen-bond donors (Lipinski definition) is 0. The van der Waals surface area contributed by atoms with Gasteiger partial charge in [-0.3, -0.25) is 0 Å². The van der Waals surface area contributed by atoms with Crippen LogP contribution in [0.1, 0.15) is 11.1 Å². The summed E-state index contributed by atoms with van der Waals surface area (Å²) >= 11 is 3.51. The molecule has 92 valence electrons. The summed E-state index contributed by atoms with van der Waals surface area (Å²) in [4.78, 5) is 0. The van der Waals surface area contributed by atoms with Gasteiger partial charge in [0.25, 0.3) is 0 Å². The van der Waals surface area contributed by atoms with Crippen molar-refractivity contribution in [2.75, 3.05) is 0 Å². The van der Waals surface area contributed by atoms with Gasteiger partial charge in [0.2, 0.25) is 0 Å². The van der Waals surface area contributed by atoms with Crippen molar-refractivity contribution in [1.82, 2.24) is 0 Å². The SMILES string of the molecule is C=C(c1cccc(Br)c1)c1cccc2ccccc12.